The van der Waals surface area contributed by atoms with Gasteiger partial charge in [0.15, 0.2) is 0 Å². The fourth-order valence-electron chi connectivity index (χ4n) is 1.90. The van der Waals surface area contributed by atoms with Crippen LogP contribution in [0.25, 0.3) is 0 Å². The van der Waals surface area contributed by atoms with E-state index in [-0.39, 0.29) is 11.9 Å². The molecule has 1 aliphatic heterocycles. The zero-order chi connectivity index (χ0) is 14.0. The fraction of sp³-hybridized carbons (Fsp3) is 0.667. The molecule has 1 N–H and O–H groups in total. The predicted octanol–water partition coefficient (Wildman–Crippen LogP) is 2.03. The number of hydrogen-bond donors (Lipinski definition) is 1. The van der Waals surface area contributed by atoms with E-state index in [0.717, 1.165) is 19.2 Å². The molecule has 1 aromatic rings. The molecule has 7 heteroatoms. The van der Waals surface area contributed by atoms with Crippen molar-refractivity contribution in [3.8, 4) is 0 Å². The molecule has 1 saturated heterocycles. The summed E-state index contributed by atoms with van der Waals surface area (Å²) < 4.78 is 38.6. The summed E-state index contributed by atoms with van der Waals surface area (Å²) in [5.41, 5.74) is -0.435. The molecule has 0 aliphatic carbocycles. The van der Waals surface area contributed by atoms with Gasteiger partial charge in [-0.3, -0.25) is 0 Å². The molecule has 0 saturated carbocycles. The second-order valence-electron chi connectivity index (χ2n) is 4.87. The Morgan fingerprint density at radius 1 is 1.21 bits per heavy atom. The van der Waals surface area contributed by atoms with Gasteiger partial charge in [0.2, 0.25) is 5.95 Å². The van der Waals surface area contributed by atoms with Gasteiger partial charge in [0.25, 0.3) is 0 Å². The van der Waals surface area contributed by atoms with Crippen molar-refractivity contribution in [2.45, 2.75) is 25.9 Å². The van der Waals surface area contributed by atoms with Crippen LogP contribution in [-0.4, -0.2) is 36.1 Å². The molecule has 2 heterocycles. The first kappa shape index (κ1) is 14.0. The lowest BCUT2D eigenvalue weighted by Gasteiger charge is -2.28. The number of nitrogens with zero attached hydrogens (tertiary/aromatic N) is 3. The minimum absolute atomic E-state index is 0.0641. The van der Waals surface area contributed by atoms with Crippen molar-refractivity contribution in [2.75, 3.05) is 31.1 Å². The lowest BCUT2D eigenvalue weighted by atomic mass is 10.1. The normalized spacial score (nSPS) is 17.1. The van der Waals surface area contributed by atoms with Gasteiger partial charge in [-0.1, -0.05) is 13.8 Å². The van der Waals surface area contributed by atoms with Crippen molar-refractivity contribution in [3.63, 3.8) is 0 Å². The Hall–Kier alpha value is -1.37. The summed E-state index contributed by atoms with van der Waals surface area (Å²) in [6.07, 6.45) is -4.44. The number of hydrogen-bond acceptors (Lipinski definition) is 4. The van der Waals surface area contributed by atoms with Crippen LogP contribution < -0.4 is 10.2 Å². The Kier molecular flexibility index (Phi) is 3.93. The smallest absolute Gasteiger partial charge is 0.338 e. The topological polar surface area (TPSA) is 41.1 Å². The van der Waals surface area contributed by atoms with Gasteiger partial charge in [-0.2, -0.15) is 13.2 Å². The highest BCUT2D eigenvalue weighted by Gasteiger charge is 2.34. The van der Waals surface area contributed by atoms with Crippen molar-refractivity contribution in [2.24, 2.45) is 0 Å². The van der Waals surface area contributed by atoms with Gasteiger partial charge in [0.1, 0.15) is 5.69 Å². The number of alkyl halides is 3. The number of anilines is 1. The quantitative estimate of drug-likeness (QED) is 0.896. The van der Waals surface area contributed by atoms with Crippen LogP contribution >= 0.6 is 0 Å². The van der Waals surface area contributed by atoms with Crippen LogP contribution in [0.1, 0.15) is 31.2 Å². The molecule has 0 amide bonds. The maximum Gasteiger partial charge on any atom is 0.433 e. The molecule has 0 aromatic carbocycles. The molecule has 1 aliphatic rings. The molecule has 2 rings (SSSR count). The number of rotatable bonds is 2. The molecule has 0 spiro atoms. The molecule has 19 heavy (non-hydrogen) atoms. The Balaban J connectivity index is 2.39. The maximum absolute atomic E-state index is 12.9. The van der Waals surface area contributed by atoms with Crippen molar-refractivity contribution >= 4 is 5.95 Å². The zero-order valence-corrected chi connectivity index (χ0v) is 11.0. The van der Waals surface area contributed by atoms with Gasteiger partial charge in [-0.15, -0.1) is 0 Å². The summed E-state index contributed by atoms with van der Waals surface area (Å²) in [5, 5.41) is 3.15. The third-order valence-electron chi connectivity index (χ3n) is 3.02. The molecule has 0 atom stereocenters. The van der Waals surface area contributed by atoms with Crippen molar-refractivity contribution in [3.05, 3.63) is 17.5 Å². The van der Waals surface area contributed by atoms with Gasteiger partial charge in [-0.05, 0) is 12.0 Å². The lowest BCUT2D eigenvalue weighted by molar-refractivity contribution is -0.141. The van der Waals surface area contributed by atoms with E-state index in [4.69, 9.17) is 0 Å². The molecular weight excluding hydrogens is 257 g/mol. The van der Waals surface area contributed by atoms with Crippen LogP contribution in [0, 0.1) is 0 Å². The maximum atomic E-state index is 12.9. The van der Waals surface area contributed by atoms with E-state index >= 15 is 0 Å². The van der Waals surface area contributed by atoms with E-state index in [0.29, 0.717) is 18.8 Å². The van der Waals surface area contributed by atoms with Crippen molar-refractivity contribution in [1.29, 1.82) is 0 Å². The molecule has 0 radical (unpaired) electrons. The molecule has 0 bridgehead atoms. The predicted molar refractivity (Wildman–Crippen MR) is 66.2 cm³/mol. The van der Waals surface area contributed by atoms with E-state index in [1.807, 2.05) is 13.8 Å². The molecule has 1 aromatic heterocycles. The van der Waals surface area contributed by atoms with Gasteiger partial charge in [0, 0.05) is 31.9 Å². The third-order valence-corrected chi connectivity index (χ3v) is 3.02. The van der Waals surface area contributed by atoms with Crippen LogP contribution in [0.3, 0.4) is 0 Å². The van der Waals surface area contributed by atoms with Crippen LogP contribution in [0.15, 0.2) is 6.07 Å². The molecular formula is C12H17F3N4. The molecule has 4 nitrogen and oxygen atoms in total. The second-order valence-corrected chi connectivity index (χ2v) is 4.87. The monoisotopic (exact) mass is 274 g/mol. The van der Waals surface area contributed by atoms with Gasteiger partial charge >= 0.3 is 6.18 Å². The number of piperazine rings is 1. The van der Waals surface area contributed by atoms with Crippen LogP contribution in [0.4, 0.5) is 19.1 Å². The van der Waals surface area contributed by atoms with E-state index in [1.54, 1.807) is 4.90 Å². The lowest BCUT2D eigenvalue weighted by Crippen LogP contribution is -2.44. The average Bonchev–Trinajstić information content (AvgIpc) is 2.38. The van der Waals surface area contributed by atoms with Crippen LogP contribution in [-0.2, 0) is 6.18 Å². The summed E-state index contributed by atoms with van der Waals surface area (Å²) in [6, 6.07) is 1.04. The van der Waals surface area contributed by atoms with Crippen LogP contribution in [0.5, 0.6) is 0 Å². The summed E-state index contributed by atoms with van der Waals surface area (Å²) in [4.78, 5) is 9.72. The number of nitrogens with one attached hydrogen (secondary N) is 1. The molecule has 106 valence electrons. The zero-order valence-electron chi connectivity index (χ0n) is 11.0. The Morgan fingerprint density at radius 2 is 1.84 bits per heavy atom. The number of halogens is 3. The highest BCUT2D eigenvalue weighted by atomic mass is 19.4. The fourth-order valence-corrected chi connectivity index (χ4v) is 1.90. The van der Waals surface area contributed by atoms with E-state index in [1.165, 1.54) is 0 Å². The minimum atomic E-state index is -4.44. The van der Waals surface area contributed by atoms with E-state index in [2.05, 4.69) is 15.3 Å². The first-order valence-electron chi connectivity index (χ1n) is 6.30. The first-order valence-corrected chi connectivity index (χ1v) is 6.30. The third kappa shape index (κ3) is 3.34. The van der Waals surface area contributed by atoms with Crippen molar-refractivity contribution in [1.82, 2.24) is 15.3 Å². The van der Waals surface area contributed by atoms with E-state index < -0.39 is 11.9 Å². The van der Waals surface area contributed by atoms with Crippen molar-refractivity contribution < 1.29 is 13.2 Å². The Morgan fingerprint density at radius 3 is 2.37 bits per heavy atom. The number of aromatic nitrogens is 2. The Labute approximate surface area is 110 Å². The van der Waals surface area contributed by atoms with Gasteiger partial charge < -0.3 is 10.2 Å². The average molecular weight is 274 g/mol. The standard InChI is InChI=1S/C12H17F3N4/c1-8(2)9-7-10(12(13,14)15)18-11(17-9)19-5-3-16-4-6-19/h7-8,16H,3-6H2,1-2H3. The van der Waals surface area contributed by atoms with Gasteiger partial charge in [0.05, 0.1) is 0 Å². The summed E-state index contributed by atoms with van der Waals surface area (Å²) in [7, 11) is 0. The highest BCUT2D eigenvalue weighted by Crippen LogP contribution is 2.30. The SMILES string of the molecule is CC(C)c1cc(C(F)(F)F)nc(N2CCNCC2)n1. The largest absolute Gasteiger partial charge is 0.433 e. The minimum Gasteiger partial charge on any atom is -0.338 e. The van der Waals surface area contributed by atoms with E-state index in [9.17, 15) is 13.2 Å². The second kappa shape index (κ2) is 5.32. The first-order chi connectivity index (χ1) is 8.88. The Bertz CT molecular complexity index is 439. The summed E-state index contributed by atoms with van der Waals surface area (Å²) in [5.74, 6) is 0.116. The van der Waals surface area contributed by atoms with Crippen LogP contribution in [0.2, 0.25) is 0 Å². The highest BCUT2D eigenvalue weighted by molar-refractivity contribution is 5.34. The molecule has 0 unspecified atom stereocenters. The molecule has 1 fully saturated rings. The summed E-state index contributed by atoms with van der Waals surface area (Å²) >= 11 is 0. The summed E-state index contributed by atoms with van der Waals surface area (Å²) in [6.45, 7) is 6.36. The van der Waals surface area contributed by atoms with Gasteiger partial charge in [-0.25, -0.2) is 9.97 Å².